The number of hydrogen-bond acceptors (Lipinski definition) is 7. The number of rotatable bonds is 9. The van der Waals surface area contributed by atoms with Crippen molar-refractivity contribution in [2.45, 2.75) is 39.2 Å². The smallest absolute Gasteiger partial charge is 0.151 e. The summed E-state index contributed by atoms with van der Waals surface area (Å²) < 4.78 is 12.1. The summed E-state index contributed by atoms with van der Waals surface area (Å²) in [5.41, 5.74) is 11.0. The summed E-state index contributed by atoms with van der Waals surface area (Å²) in [4.78, 5) is 8.53. The summed E-state index contributed by atoms with van der Waals surface area (Å²) in [5, 5.41) is 13.0. The zero-order valence-corrected chi connectivity index (χ0v) is 22.6. The summed E-state index contributed by atoms with van der Waals surface area (Å²) in [6.45, 7) is 2.56. The molecule has 4 aromatic rings. The number of anilines is 3. The molecule has 1 unspecified atom stereocenters. The maximum absolute atomic E-state index is 8.69. The molecule has 1 aliphatic carbocycles. The van der Waals surface area contributed by atoms with Gasteiger partial charge in [0, 0.05) is 17.7 Å². The van der Waals surface area contributed by atoms with Gasteiger partial charge in [-0.05, 0) is 67.0 Å². The van der Waals surface area contributed by atoms with Crippen LogP contribution in [0, 0.1) is 18.3 Å². The Morgan fingerprint density at radius 3 is 2.42 bits per heavy atom. The number of aryl methyl sites for hydroxylation is 1. The minimum atomic E-state index is 0.221. The fourth-order valence-electron chi connectivity index (χ4n) is 4.61. The van der Waals surface area contributed by atoms with Crippen molar-refractivity contribution in [2.24, 2.45) is 5.92 Å². The third kappa shape index (κ3) is 6.29. The van der Waals surface area contributed by atoms with E-state index in [0.29, 0.717) is 41.0 Å². The number of aromatic nitrogens is 2. The lowest BCUT2D eigenvalue weighted by atomic mass is 9.98. The Morgan fingerprint density at radius 2 is 1.68 bits per heavy atom. The third-order valence-electron chi connectivity index (χ3n) is 6.68. The first-order chi connectivity index (χ1) is 18.4. The molecule has 0 spiro atoms. The Kier molecular flexibility index (Phi) is 7.85. The zero-order chi connectivity index (χ0) is 26.5. The van der Waals surface area contributed by atoms with Crippen LogP contribution in [0.3, 0.4) is 0 Å². The molecule has 1 saturated carbocycles. The Hall–Kier alpha value is -3.96. The Labute approximate surface area is 225 Å². The lowest BCUT2D eigenvalue weighted by Crippen LogP contribution is -2.16. The highest BCUT2D eigenvalue weighted by Crippen LogP contribution is 2.33. The van der Waals surface area contributed by atoms with Crippen molar-refractivity contribution in [2.75, 3.05) is 11.1 Å². The lowest BCUT2D eigenvalue weighted by Gasteiger charge is -2.17. The van der Waals surface area contributed by atoms with Gasteiger partial charge in [-0.1, -0.05) is 42.7 Å². The first-order valence-corrected chi connectivity index (χ1v) is 13.4. The molecule has 5 rings (SSSR count). The molecule has 1 atom stereocenters. The number of ether oxygens (including phenoxy) is 2. The Balaban J connectivity index is 1.26. The van der Waals surface area contributed by atoms with Gasteiger partial charge in [0.2, 0.25) is 0 Å². The first-order valence-electron chi connectivity index (χ1n) is 12.8. The van der Waals surface area contributed by atoms with E-state index in [9.17, 15) is 0 Å². The number of nitrogens with zero attached hydrogens (tertiary/aromatic N) is 2. The second-order valence-electron chi connectivity index (χ2n) is 9.64. The molecule has 0 radical (unpaired) electrons. The van der Waals surface area contributed by atoms with E-state index in [1.54, 1.807) is 0 Å². The summed E-state index contributed by atoms with van der Waals surface area (Å²) in [6, 6.07) is 21.7. The second-order valence-corrected chi connectivity index (χ2v) is 10.3. The molecule has 3 aromatic carbocycles. The first kappa shape index (κ1) is 25.7. The molecule has 0 aliphatic heterocycles. The van der Waals surface area contributed by atoms with Crippen LogP contribution >= 0.6 is 9.24 Å². The van der Waals surface area contributed by atoms with Gasteiger partial charge in [-0.2, -0.15) is 0 Å². The normalized spacial score (nSPS) is 13.3. The van der Waals surface area contributed by atoms with Gasteiger partial charge in [0.15, 0.2) is 5.82 Å². The third-order valence-corrected chi connectivity index (χ3v) is 7.02. The summed E-state index contributed by atoms with van der Waals surface area (Å²) in [7, 11) is 2.70. The van der Waals surface area contributed by atoms with E-state index in [-0.39, 0.29) is 5.92 Å². The monoisotopic (exact) mass is 525 g/mol. The largest absolute Gasteiger partial charge is 0.489 e. The quantitative estimate of drug-likeness (QED) is 0.169. The summed E-state index contributed by atoms with van der Waals surface area (Å²) in [5.74, 6) is 2.66. The van der Waals surface area contributed by atoms with E-state index in [1.165, 1.54) is 11.9 Å². The van der Waals surface area contributed by atoms with Crippen molar-refractivity contribution in [3.8, 4) is 17.2 Å². The van der Waals surface area contributed by atoms with Crippen molar-refractivity contribution in [1.82, 2.24) is 9.97 Å². The maximum atomic E-state index is 8.69. The predicted molar refractivity (Wildman–Crippen MR) is 156 cm³/mol. The zero-order valence-electron chi connectivity index (χ0n) is 21.4. The number of hydrogen-bond donors (Lipinski definition) is 3. The molecular formula is C30H32N5O2P. The molecule has 8 heteroatoms. The topological polar surface area (TPSA) is 106 Å². The molecule has 1 heterocycles. The molecule has 194 valence electrons. The number of nitrogens with two attached hydrogens (primary N) is 1. The molecule has 1 fully saturated rings. The fourth-order valence-corrected chi connectivity index (χ4v) is 4.94. The lowest BCUT2D eigenvalue weighted by molar-refractivity contribution is 0.305. The molecule has 38 heavy (non-hydrogen) atoms. The van der Waals surface area contributed by atoms with Crippen molar-refractivity contribution in [3.63, 3.8) is 0 Å². The van der Waals surface area contributed by atoms with Crippen LogP contribution in [0.1, 0.15) is 42.5 Å². The van der Waals surface area contributed by atoms with Crippen LogP contribution in [0.5, 0.6) is 17.2 Å². The van der Waals surface area contributed by atoms with Crippen LogP contribution in [0.25, 0.3) is 0 Å². The van der Waals surface area contributed by atoms with Gasteiger partial charge in [0.1, 0.15) is 41.6 Å². The molecule has 0 bridgehead atoms. The molecular weight excluding hydrogens is 493 g/mol. The van der Waals surface area contributed by atoms with Crippen molar-refractivity contribution < 1.29 is 9.47 Å². The van der Waals surface area contributed by atoms with Gasteiger partial charge in [0.25, 0.3) is 0 Å². The van der Waals surface area contributed by atoms with Crippen LogP contribution in [0.2, 0.25) is 0 Å². The van der Waals surface area contributed by atoms with E-state index in [2.05, 4.69) is 55.7 Å². The van der Waals surface area contributed by atoms with E-state index >= 15 is 0 Å². The maximum Gasteiger partial charge on any atom is 0.151 e. The van der Waals surface area contributed by atoms with Crippen LogP contribution in [-0.4, -0.2) is 15.7 Å². The van der Waals surface area contributed by atoms with Gasteiger partial charge >= 0.3 is 0 Å². The standard InChI is InChI=1S/C30H32N5O2P/c1-19-6-8-20(9-7-19)17-36-24-14-25(16-26(38)15-24)37-23-12-10-22(11-13-23)35-29-28(33-18-34-30(29)32)27(31)21-4-2-3-5-21/h6-16,18,21,31,35H,2-5,17,38H2,1H3,(H2,32,33,34). The van der Waals surface area contributed by atoms with Gasteiger partial charge in [-0.15, -0.1) is 9.24 Å². The van der Waals surface area contributed by atoms with Crippen molar-refractivity contribution >= 4 is 37.4 Å². The highest BCUT2D eigenvalue weighted by atomic mass is 31.0. The summed E-state index contributed by atoms with van der Waals surface area (Å²) >= 11 is 0. The molecule has 0 saturated heterocycles. The van der Waals surface area contributed by atoms with E-state index in [1.807, 2.05) is 42.5 Å². The van der Waals surface area contributed by atoms with Crippen LogP contribution in [0.15, 0.2) is 73.1 Å². The van der Waals surface area contributed by atoms with Gasteiger partial charge in [-0.25, -0.2) is 9.97 Å². The van der Waals surface area contributed by atoms with E-state index in [0.717, 1.165) is 48.0 Å². The van der Waals surface area contributed by atoms with Crippen molar-refractivity contribution in [1.29, 1.82) is 5.41 Å². The van der Waals surface area contributed by atoms with Crippen LogP contribution < -0.4 is 25.8 Å². The van der Waals surface area contributed by atoms with Gasteiger partial charge in [0.05, 0.1) is 5.71 Å². The Bertz CT molecular complexity index is 1420. The fraction of sp³-hybridized carbons (Fsp3) is 0.233. The number of nitrogen functional groups attached to an aromatic ring is 1. The Morgan fingerprint density at radius 1 is 0.974 bits per heavy atom. The molecule has 1 aliphatic rings. The SMILES string of the molecule is Cc1ccc(COc2cc(P)cc(Oc3ccc(Nc4c(N)ncnc4C(=N)C4CCCC4)cc3)c2)cc1. The highest BCUT2D eigenvalue weighted by molar-refractivity contribution is 7.27. The van der Waals surface area contributed by atoms with Crippen LogP contribution in [0.4, 0.5) is 17.2 Å². The van der Waals surface area contributed by atoms with Crippen molar-refractivity contribution in [3.05, 3.63) is 89.9 Å². The van der Waals surface area contributed by atoms with Gasteiger partial charge < -0.3 is 25.9 Å². The molecule has 7 nitrogen and oxygen atoms in total. The molecule has 1 aromatic heterocycles. The van der Waals surface area contributed by atoms with E-state index < -0.39 is 0 Å². The molecule has 0 amide bonds. The predicted octanol–water partition coefficient (Wildman–Crippen LogP) is 6.54. The average Bonchev–Trinajstić information content (AvgIpc) is 3.45. The second kappa shape index (κ2) is 11.6. The highest BCUT2D eigenvalue weighted by Gasteiger charge is 2.25. The minimum absolute atomic E-state index is 0.221. The summed E-state index contributed by atoms with van der Waals surface area (Å²) in [6.07, 6.45) is 5.76. The average molecular weight is 526 g/mol. The van der Waals surface area contributed by atoms with E-state index in [4.69, 9.17) is 20.6 Å². The van der Waals surface area contributed by atoms with Gasteiger partial charge in [-0.3, -0.25) is 0 Å². The number of benzene rings is 3. The molecule has 4 N–H and O–H groups in total. The minimum Gasteiger partial charge on any atom is -0.489 e. The van der Waals surface area contributed by atoms with Crippen LogP contribution in [-0.2, 0) is 6.61 Å². The number of nitrogens with one attached hydrogen (secondary N) is 2.